The molecule has 3 heteroatoms. The average Bonchev–Trinajstić information content (AvgIpc) is 2.84. The normalized spacial score (nSPS) is 14.4. The molecule has 0 saturated heterocycles. The average molecular weight is 507 g/mol. The molecule has 1 atom stereocenters. The summed E-state index contributed by atoms with van der Waals surface area (Å²) in [5.41, 5.74) is 7.60. The molecule has 0 aliphatic rings. The third-order valence-corrected chi connectivity index (χ3v) is 6.43. The molecular weight excluding hydrogens is 456 g/mol. The number of Topliss-reactive ketones (excluding diaryl/α,β-unsaturated/α-hetero) is 1. The Hall–Kier alpha value is -2.55. The minimum atomic E-state index is -1.02. The standard InChI is InChI=1S/C34H50O3/c1-27(2)14-10-17-30(5)20-11-18-28(3)15-8-9-16-29(4)19-12-21-31(6)22-13-23-32(7)34(37)33(26-36)24-25-35/h14-16,20-21,23,33H,8-13,17-19,22,24H2,1-7H3/b28-15+,29-16+,30-20+,31-21+,32-23?. The van der Waals surface area contributed by atoms with E-state index in [0.717, 1.165) is 64.2 Å². The van der Waals surface area contributed by atoms with Crippen molar-refractivity contribution in [3.63, 3.8) is 0 Å². The van der Waals surface area contributed by atoms with E-state index in [2.05, 4.69) is 71.9 Å². The third kappa shape index (κ3) is 19.3. The van der Waals surface area contributed by atoms with Crippen LogP contribution in [0.2, 0.25) is 0 Å². The highest BCUT2D eigenvalue weighted by Crippen LogP contribution is 2.15. The second-order valence-electron chi connectivity index (χ2n) is 10.5. The van der Waals surface area contributed by atoms with E-state index in [9.17, 15) is 14.4 Å². The Morgan fingerprint density at radius 2 is 0.946 bits per heavy atom. The molecule has 0 aromatic rings. The maximum absolute atomic E-state index is 12.1. The van der Waals surface area contributed by atoms with Crippen molar-refractivity contribution in [2.45, 2.75) is 119 Å². The van der Waals surface area contributed by atoms with Gasteiger partial charge in [0.1, 0.15) is 0 Å². The fourth-order valence-corrected chi connectivity index (χ4v) is 3.91. The SMILES string of the molecule is CC(C)=CCC/C(C)=C/CC/C(C)=C/CC/C=C(\C)CC/C=C(\C)CCC=C(C)C(=O)C([C]=O)C[C]=O. The van der Waals surface area contributed by atoms with E-state index in [1.165, 1.54) is 27.9 Å². The predicted octanol–water partition coefficient (Wildman–Crippen LogP) is 9.38. The smallest absolute Gasteiger partial charge is 0.210 e. The van der Waals surface area contributed by atoms with Crippen molar-refractivity contribution in [3.05, 3.63) is 69.9 Å². The Bertz CT molecular complexity index is 886. The van der Waals surface area contributed by atoms with Gasteiger partial charge in [-0.05, 0) is 118 Å². The minimum Gasteiger partial charge on any atom is -0.294 e. The largest absolute Gasteiger partial charge is 0.294 e. The molecular formula is C34H50O3. The molecule has 0 spiro atoms. The van der Waals surface area contributed by atoms with Gasteiger partial charge < -0.3 is 0 Å². The lowest BCUT2D eigenvalue weighted by atomic mass is 9.96. The van der Waals surface area contributed by atoms with Crippen LogP contribution in [0.25, 0.3) is 0 Å². The first-order valence-electron chi connectivity index (χ1n) is 13.8. The maximum Gasteiger partial charge on any atom is 0.210 e. The molecule has 0 heterocycles. The summed E-state index contributed by atoms with van der Waals surface area (Å²) in [7, 11) is 0. The molecule has 204 valence electrons. The van der Waals surface area contributed by atoms with Gasteiger partial charge in [0.25, 0.3) is 0 Å². The van der Waals surface area contributed by atoms with Crippen molar-refractivity contribution >= 4 is 18.4 Å². The molecule has 2 radical (unpaired) electrons. The summed E-state index contributed by atoms with van der Waals surface area (Å²) in [6, 6.07) is 0. The van der Waals surface area contributed by atoms with Gasteiger partial charge in [-0.3, -0.25) is 14.4 Å². The van der Waals surface area contributed by atoms with Crippen LogP contribution in [0.3, 0.4) is 0 Å². The van der Waals surface area contributed by atoms with Crippen LogP contribution in [0.4, 0.5) is 0 Å². The number of unbranched alkanes of at least 4 members (excludes halogenated alkanes) is 1. The van der Waals surface area contributed by atoms with Gasteiger partial charge in [-0.25, -0.2) is 0 Å². The summed E-state index contributed by atoms with van der Waals surface area (Å²) in [4.78, 5) is 33.4. The number of carbonyl (C=O) groups is 1. The van der Waals surface area contributed by atoms with E-state index in [0.29, 0.717) is 5.57 Å². The number of rotatable bonds is 20. The number of allylic oxidation sites excluding steroid dienone is 12. The molecule has 0 aliphatic carbocycles. The molecule has 0 fully saturated rings. The van der Waals surface area contributed by atoms with Crippen LogP contribution in [-0.2, 0) is 14.4 Å². The Kier molecular flexibility index (Phi) is 20.0. The summed E-state index contributed by atoms with van der Waals surface area (Å²) in [6.07, 6.45) is 27.0. The van der Waals surface area contributed by atoms with Crippen LogP contribution in [0.1, 0.15) is 119 Å². The van der Waals surface area contributed by atoms with Crippen molar-refractivity contribution in [1.29, 1.82) is 0 Å². The topological polar surface area (TPSA) is 51.2 Å². The highest BCUT2D eigenvalue weighted by Gasteiger charge is 2.19. The van der Waals surface area contributed by atoms with Gasteiger partial charge in [-0.2, -0.15) is 0 Å². The molecule has 0 aromatic carbocycles. The quantitative estimate of drug-likeness (QED) is 0.0715. The van der Waals surface area contributed by atoms with Gasteiger partial charge in [0.15, 0.2) is 12.1 Å². The van der Waals surface area contributed by atoms with Crippen LogP contribution in [0, 0.1) is 5.92 Å². The van der Waals surface area contributed by atoms with E-state index < -0.39 is 5.92 Å². The molecule has 0 bridgehead atoms. The summed E-state index contributed by atoms with van der Waals surface area (Å²) >= 11 is 0. The molecule has 0 N–H and O–H groups in total. The van der Waals surface area contributed by atoms with E-state index in [4.69, 9.17) is 0 Å². The Labute approximate surface area is 227 Å². The van der Waals surface area contributed by atoms with E-state index in [1.807, 2.05) is 6.08 Å². The lowest BCUT2D eigenvalue weighted by molar-refractivity contribution is -0.117. The molecule has 0 amide bonds. The molecule has 0 rings (SSSR count). The van der Waals surface area contributed by atoms with Crippen molar-refractivity contribution in [1.82, 2.24) is 0 Å². The predicted molar refractivity (Wildman–Crippen MR) is 159 cm³/mol. The van der Waals surface area contributed by atoms with Gasteiger partial charge in [0.2, 0.25) is 6.29 Å². The number of hydrogen-bond acceptors (Lipinski definition) is 3. The molecule has 1 unspecified atom stereocenters. The van der Waals surface area contributed by atoms with Crippen molar-refractivity contribution in [2.75, 3.05) is 0 Å². The zero-order chi connectivity index (χ0) is 28.1. The highest BCUT2D eigenvalue weighted by molar-refractivity contribution is 6.05. The fraction of sp³-hybridized carbons (Fsp3) is 0.559. The Morgan fingerprint density at radius 1 is 0.568 bits per heavy atom. The number of carbonyl (C=O) groups excluding carboxylic acids is 3. The van der Waals surface area contributed by atoms with E-state index in [-0.39, 0.29) is 12.2 Å². The first-order chi connectivity index (χ1) is 17.6. The molecule has 0 saturated carbocycles. The van der Waals surface area contributed by atoms with Gasteiger partial charge in [0, 0.05) is 6.42 Å². The zero-order valence-corrected chi connectivity index (χ0v) is 24.5. The van der Waals surface area contributed by atoms with E-state index in [1.54, 1.807) is 19.5 Å². The zero-order valence-electron chi connectivity index (χ0n) is 24.5. The summed E-state index contributed by atoms with van der Waals surface area (Å²) < 4.78 is 0. The van der Waals surface area contributed by atoms with Crippen molar-refractivity contribution in [2.24, 2.45) is 5.92 Å². The Balaban J connectivity index is 4.28. The summed E-state index contributed by atoms with van der Waals surface area (Å²) in [5.74, 6) is -1.35. The summed E-state index contributed by atoms with van der Waals surface area (Å²) in [5, 5.41) is 0. The Morgan fingerprint density at radius 3 is 1.32 bits per heavy atom. The van der Waals surface area contributed by atoms with Gasteiger partial charge in [-0.1, -0.05) is 64.3 Å². The minimum absolute atomic E-state index is 0.218. The van der Waals surface area contributed by atoms with Crippen molar-refractivity contribution < 1.29 is 14.4 Å². The van der Waals surface area contributed by atoms with Crippen LogP contribution in [0.5, 0.6) is 0 Å². The third-order valence-electron chi connectivity index (χ3n) is 6.43. The van der Waals surface area contributed by atoms with Crippen molar-refractivity contribution in [3.8, 4) is 0 Å². The number of ketones is 1. The molecule has 0 aliphatic heterocycles. The second-order valence-corrected chi connectivity index (χ2v) is 10.5. The molecule has 3 nitrogen and oxygen atoms in total. The first kappa shape index (κ1) is 34.5. The summed E-state index contributed by atoms with van der Waals surface area (Å²) in [6.45, 7) is 14.8. The first-order valence-corrected chi connectivity index (χ1v) is 13.8. The maximum atomic E-state index is 12.1. The monoisotopic (exact) mass is 506 g/mol. The molecule has 37 heavy (non-hydrogen) atoms. The van der Waals surface area contributed by atoms with Gasteiger partial charge in [0.05, 0.1) is 5.92 Å². The van der Waals surface area contributed by atoms with Gasteiger partial charge >= 0.3 is 0 Å². The lowest BCUT2D eigenvalue weighted by Crippen LogP contribution is -2.17. The van der Waals surface area contributed by atoms with Crippen LogP contribution in [-0.4, -0.2) is 18.4 Å². The van der Waals surface area contributed by atoms with Crippen LogP contribution >= 0.6 is 0 Å². The fourth-order valence-electron chi connectivity index (χ4n) is 3.91. The van der Waals surface area contributed by atoms with Crippen LogP contribution in [0.15, 0.2) is 69.9 Å². The van der Waals surface area contributed by atoms with Gasteiger partial charge in [-0.15, -0.1) is 0 Å². The highest BCUT2D eigenvalue weighted by atomic mass is 16.1. The van der Waals surface area contributed by atoms with Crippen LogP contribution < -0.4 is 0 Å². The molecule has 0 aromatic heterocycles. The number of hydrogen-bond donors (Lipinski definition) is 0. The second kappa shape index (κ2) is 21.5. The lowest BCUT2D eigenvalue weighted by Gasteiger charge is -2.05. The van der Waals surface area contributed by atoms with E-state index >= 15 is 0 Å².